The van der Waals surface area contributed by atoms with Crippen LogP contribution in [-0.2, 0) is 4.79 Å². The molecule has 8 heteroatoms. The molecule has 0 aromatic heterocycles. The van der Waals surface area contributed by atoms with Gasteiger partial charge in [-0.3, -0.25) is 4.79 Å². The second-order valence-corrected chi connectivity index (χ2v) is 4.84. The molecular formula is C14H16F2N2O4. The van der Waals surface area contributed by atoms with Gasteiger partial charge in [-0.15, -0.1) is 0 Å². The number of carbonyl (C=O) groups excluding carboxylic acids is 1. The van der Waals surface area contributed by atoms with E-state index in [1.165, 1.54) is 14.0 Å². The highest BCUT2D eigenvalue weighted by Crippen LogP contribution is 2.32. The largest absolute Gasteiger partial charge is 0.493 e. The van der Waals surface area contributed by atoms with Crippen LogP contribution < -0.4 is 9.47 Å². The number of rotatable bonds is 5. The summed E-state index contributed by atoms with van der Waals surface area (Å²) in [6, 6.07) is 6.60. The number of ether oxygens (including phenoxy) is 2. The highest BCUT2D eigenvalue weighted by molar-refractivity contribution is 5.89. The highest BCUT2D eigenvalue weighted by atomic mass is 19.3. The minimum absolute atomic E-state index is 0.244. The van der Waals surface area contributed by atoms with Crippen LogP contribution in [0.5, 0.6) is 11.5 Å². The third-order valence-electron chi connectivity index (χ3n) is 3.16. The van der Waals surface area contributed by atoms with E-state index in [1.807, 2.05) is 0 Å². The molecule has 1 unspecified atom stereocenters. The molecule has 1 atom stereocenters. The average Bonchev–Trinajstić information content (AvgIpc) is 2.81. The van der Waals surface area contributed by atoms with Crippen molar-refractivity contribution in [2.45, 2.75) is 25.5 Å². The van der Waals surface area contributed by atoms with E-state index >= 15 is 0 Å². The lowest BCUT2D eigenvalue weighted by molar-refractivity contribution is -0.193. The fraction of sp³-hybridized carbons (Fsp3) is 0.429. The first-order valence-corrected chi connectivity index (χ1v) is 6.52. The van der Waals surface area contributed by atoms with Crippen molar-refractivity contribution in [3.63, 3.8) is 0 Å². The molecule has 120 valence electrons. The lowest BCUT2D eigenvalue weighted by atomic mass is 10.1. The standard InChI is InChI=1S/C14H16F2N2O4/c1-9-7-14(20,13(15)16)18(17-9)12(19)8-22-11-6-4-3-5-10(11)21-2/h3-6,13,20H,7-8H2,1-2H3. The molecule has 0 aliphatic carbocycles. The average molecular weight is 314 g/mol. The Hall–Kier alpha value is -2.22. The maximum absolute atomic E-state index is 13.0. The van der Waals surface area contributed by atoms with Gasteiger partial charge < -0.3 is 14.6 Å². The zero-order chi connectivity index (χ0) is 16.3. The van der Waals surface area contributed by atoms with Crippen LogP contribution in [0.2, 0.25) is 0 Å². The van der Waals surface area contributed by atoms with Crippen LogP contribution in [-0.4, -0.2) is 47.6 Å². The van der Waals surface area contributed by atoms with Gasteiger partial charge in [0.2, 0.25) is 5.72 Å². The number of alkyl halides is 2. The number of halogens is 2. The van der Waals surface area contributed by atoms with E-state index in [4.69, 9.17) is 9.47 Å². The van der Waals surface area contributed by atoms with Crippen LogP contribution in [0.15, 0.2) is 29.4 Å². The molecule has 1 amide bonds. The maximum Gasteiger partial charge on any atom is 0.287 e. The Balaban J connectivity index is 2.09. The van der Waals surface area contributed by atoms with Gasteiger partial charge >= 0.3 is 0 Å². The zero-order valence-corrected chi connectivity index (χ0v) is 12.1. The van der Waals surface area contributed by atoms with Gasteiger partial charge in [0.05, 0.1) is 7.11 Å². The predicted octanol–water partition coefficient (Wildman–Crippen LogP) is 1.64. The third kappa shape index (κ3) is 3.01. The van der Waals surface area contributed by atoms with Crippen molar-refractivity contribution in [1.29, 1.82) is 0 Å². The van der Waals surface area contributed by atoms with Crippen LogP contribution in [0.1, 0.15) is 13.3 Å². The van der Waals surface area contributed by atoms with E-state index in [-0.39, 0.29) is 5.71 Å². The molecule has 1 heterocycles. The Morgan fingerprint density at radius 3 is 2.68 bits per heavy atom. The molecule has 1 aliphatic heterocycles. The van der Waals surface area contributed by atoms with Crippen LogP contribution in [0, 0.1) is 0 Å². The minimum atomic E-state index is -3.14. The van der Waals surface area contributed by atoms with Crippen LogP contribution in [0.25, 0.3) is 0 Å². The smallest absolute Gasteiger partial charge is 0.287 e. The van der Waals surface area contributed by atoms with Crippen LogP contribution in [0.3, 0.4) is 0 Å². The summed E-state index contributed by atoms with van der Waals surface area (Å²) in [4.78, 5) is 12.0. The molecule has 0 saturated heterocycles. The highest BCUT2D eigenvalue weighted by Gasteiger charge is 2.50. The first-order chi connectivity index (χ1) is 10.4. The molecule has 0 radical (unpaired) electrons. The van der Waals surface area contributed by atoms with Crippen molar-refractivity contribution < 1.29 is 28.2 Å². The monoisotopic (exact) mass is 314 g/mol. The minimum Gasteiger partial charge on any atom is -0.493 e. The first-order valence-electron chi connectivity index (χ1n) is 6.52. The molecule has 0 bridgehead atoms. The summed E-state index contributed by atoms with van der Waals surface area (Å²) < 4.78 is 36.3. The summed E-state index contributed by atoms with van der Waals surface area (Å²) in [5.41, 5.74) is -2.38. The summed E-state index contributed by atoms with van der Waals surface area (Å²) in [5.74, 6) is -0.176. The van der Waals surface area contributed by atoms with E-state index < -0.39 is 31.1 Å². The summed E-state index contributed by atoms with van der Waals surface area (Å²) in [6.07, 6.45) is -3.53. The van der Waals surface area contributed by atoms with Gasteiger partial charge in [-0.2, -0.15) is 10.1 Å². The van der Waals surface area contributed by atoms with Gasteiger partial charge in [0.25, 0.3) is 12.3 Å². The van der Waals surface area contributed by atoms with E-state index in [0.717, 1.165) is 0 Å². The Morgan fingerprint density at radius 1 is 1.45 bits per heavy atom. The Bertz CT molecular complexity index is 594. The number of benzene rings is 1. The third-order valence-corrected chi connectivity index (χ3v) is 3.16. The predicted molar refractivity (Wildman–Crippen MR) is 74.0 cm³/mol. The Morgan fingerprint density at radius 2 is 2.09 bits per heavy atom. The number of hydrogen-bond donors (Lipinski definition) is 1. The van der Waals surface area contributed by atoms with Gasteiger partial charge in [0.1, 0.15) is 0 Å². The number of para-hydroxylation sites is 2. The van der Waals surface area contributed by atoms with E-state index in [2.05, 4.69) is 5.10 Å². The van der Waals surface area contributed by atoms with Crippen molar-refractivity contribution in [3.8, 4) is 11.5 Å². The van der Waals surface area contributed by atoms with Crippen LogP contribution >= 0.6 is 0 Å². The van der Waals surface area contributed by atoms with Gasteiger partial charge in [-0.05, 0) is 19.1 Å². The van der Waals surface area contributed by atoms with Crippen molar-refractivity contribution in [2.75, 3.05) is 13.7 Å². The first kappa shape index (κ1) is 16.2. The number of carbonyl (C=O) groups is 1. The van der Waals surface area contributed by atoms with Crippen LogP contribution in [0.4, 0.5) is 8.78 Å². The SMILES string of the molecule is COc1ccccc1OCC(=O)N1N=C(C)CC1(O)C(F)F. The molecule has 1 N–H and O–H groups in total. The fourth-order valence-electron chi connectivity index (χ4n) is 2.12. The molecule has 6 nitrogen and oxygen atoms in total. The Labute approximate surface area is 125 Å². The normalized spacial score (nSPS) is 21.0. The second kappa shape index (κ2) is 6.27. The van der Waals surface area contributed by atoms with Gasteiger partial charge in [0.15, 0.2) is 18.1 Å². The summed E-state index contributed by atoms with van der Waals surface area (Å²) in [5, 5.41) is 14.0. The number of hydrogen-bond acceptors (Lipinski definition) is 5. The molecule has 2 rings (SSSR count). The quantitative estimate of drug-likeness (QED) is 0.897. The molecule has 0 spiro atoms. The van der Waals surface area contributed by atoms with E-state index in [0.29, 0.717) is 16.5 Å². The summed E-state index contributed by atoms with van der Waals surface area (Å²) >= 11 is 0. The molecule has 1 aromatic rings. The fourth-order valence-corrected chi connectivity index (χ4v) is 2.12. The number of methoxy groups -OCH3 is 1. The number of hydrazone groups is 1. The van der Waals surface area contributed by atoms with Gasteiger partial charge in [-0.25, -0.2) is 8.78 Å². The topological polar surface area (TPSA) is 71.4 Å². The van der Waals surface area contributed by atoms with Gasteiger partial charge in [-0.1, -0.05) is 12.1 Å². The van der Waals surface area contributed by atoms with Crippen molar-refractivity contribution >= 4 is 11.6 Å². The van der Waals surface area contributed by atoms with Crippen molar-refractivity contribution in [3.05, 3.63) is 24.3 Å². The molecule has 0 fully saturated rings. The molecule has 1 aliphatic rings. The van der Waals surface area contributed by atoms with Crippen molar-refractivity contribution in [1.82, 2.24) is 5.01 Å². The summed E-state index contributed by atoms with van der Waals surface area (Å²) in [6.45, 7) is 0.911. The van der Waals surface area contributed by atoms with E-state index in [1.54, 1.807) is 24.3 Å². The second-order valence-electron chi connectivity index (χ2n) is 4.84. The molecule has 0 saturated carbocycles. The summed E-state index contributed by atoms with van der Waals surface area (Å²) in [7, 11) is 1.44. The zero-order valence-electron chi connectivity index (χ0n) is 12.1. The van der Waals surface area contributed by atoms with Crippen molar-refractivity contribution in [2.24, 2.45) is 5.10 Å². The maximum atomic E-state index is 13.0. The number of aliphatic hydroxyl groups is 1. The lowest BCUT2D eigenvalue weighted by Gasteiger charge is -2.29. The number of amides is 1. The number of nitrogens with zero attached hydrogens (tertiary/aromatic N) is 2. The van der Waals surface area contributed by atoms with E-state index in [9.17, 15) is 18.7 Å². The molecule has 1 aromatic carbocycles. The van der Waals surface area contributed by atoms with Gasteiger partial charge in [0, 0.05) is 12.1 Å². The lowest BCUT2D eigenvalue weighted by Crippen LogP contribution is -2.52. The molecular weight excluding hydrogens is 298 g/mol. The molecule has 22 heavy (non-hydrogen) atoms. The Kier molecular flexibility index (Phi) is 4.60.